The van der Waals surface area contributed by atoms with Crippen LogP contribution in [0.1, 0.15) is 25.3 Å². The third-order valence-electron chi connectivity index (χ3n) is 3.81. The van der Waals surface area contributed by atoms with Gasteiger partial charge in [0.25, 0.3) is 5.69 Å². The topological polar surface area (TPSA) is 97.6 Å². The van der Waals surface area contributed by atoms with Gasteiger partial charge in [-0.1, -0.05) is 12.1 Å². The molecule has 1 saturated carbocycles. The van der Waals surface area contributed by atoms with E-state index in [-0.39, 0.29) is 17.6 Å². The molecule has 0 aliphatic heterocycles. The van der Waals surface area contributed by atoms with E-state index in [4.69, 9.17) is 5.26 Å². The standard InChI is InChI=1S/C14H13N5O2/c15-8-11-4-2-6-13(11)18-9-16-14(17-18)10-3-1-5-12(7-10)19(20)21/h1,3,5,7,9,11,13H,2,4,6H2. The summed E-state index contributed by atoms with van der Waals surface area (Å²) >= 11 is 0. The monoisotopic (exact) mass is 283 g/mol. The number of nitrogens with zero attached hydrogens (tertiary/aromatic N) is 5. The average Bonchev–Trinajstić information content (AvgIpc) is 3.15. The Morgan fingerprint density at radius 3 is 3.05 bits per heavy atom. The Bertz CT molecular complexity index is 718. The Labute approximate surface area is 121 Å². The number of benzene rings is 1. The number of nitriles is 1. The molecule has 21 heavy (non-hydrogen) atoms. The maximum atomic E-state index is 10.8. The zero-order valence-corrected chi connectivity index (χ0v) is 11.2. The molecule has 0 radical (unpaired) electrons. The summed E-state index contributed by atoms with van der Waals surface area (Å²) in [6.45, 7) is 0. The molecule has 0 N–H and O–H groups in total. The van der Waals surface area contributed by atoms with Gasteiger partial charge in [0.15, 0.2) is 5.82 Å². The van der Waals surface area contributed by atoms with Crippen molar-refractivity contribution in [2.75, 3.05) is 0 Å². The van der Waals surface area contributed by atoms with Crippen molar-refractivity contribution in [3.05, 3.63) is 40.7 Å². The Kier molecular flexibility index (Phi) is 3.36. The van der Waals surface area contributed by atoms with Gasteiger partial charge >= 0.3 is 0 Å². The first-order valence-electron chi connectivity index (χ1n) is 6.74. The van der Waals surface area contributed by atoms with Gasteiger partial charge in [-0.05, 0) is 19.3 Å². The van der Waals surface area contributed by atoms with Gasteiger partial charge in [-0.3, -0.25) is 10.1 Å². The third-order valence-corrected chi connectivity index (χ3v) is 3.81. The summed E-state index contributed by atoms with van der Waals surface area (Å²) in [5.74, 6) is 0.409. The molecule has 3 rings (SSSR count). The van der Waals surface area contributed by atoms with Gasteiger partial charge in [0, 0.05) is 17.7 Å². The van der Waals surface area contributed by atoms with Crippen molar-refractivity contribution in [2.45, 2.75) is 25.3 Å². The number of hydrogen-bond donors (Lipinski definition) is 0. The molecule has 2 atom stereocenters. The van der Waals surface area contributed by atoms with Gasteiger partial charge in [-0.25, -0.2) is 9.67 Å². The van der Waals surface area contributed by atoms with Crippen LogP contribution in [0.4, 0.5) is 5.69 Å². The highest BCUT2D eigenvalue weighted by Crippen LogP contribution is 2.35. The van der Waals surface area contributed by atoms with Crippen LogP contribution in [0, 0.1) is 27.4 Å². The fourth-order valence-corrected chi connectivity index (χ4v) is 2.73. The fourth-order valence-electron chi connectivity index (χ4n) is 2.73. The molecule has 0 bridgehead atoms. The molecule has 1 fully saturated rings. The normalized spacial score (nSPS) is 21.1. The van der Waals surface area contributed by atoms with E-state index in [9.17, 15) is 10.1 Å². The van der Waals surface area contributed by atoms with Gasteiger partial charge in [0.1, 0.15) is 6.33 Å². The summed E-state index contributed by atoms with van der Waals surface area (Å²) in [7, 11) is 0. The van der Waals surface area contributed by atoms with Gasteiger partial charge < -0.3 is 0 Å². The highest BCUT2D eigenvalue weighted by atomic mass is 16.6. The van der Waals surface area contributed by atoms with Crippen LogP contribution in [0.5, 0.6) is 0 Å². The van der Waals surface area contributed by atoms with E-state index in [1.807, 2.05) is 0 Å². The van der Waals surface area contributed by atoms with Gasteiger partial charge in [0.05, 0.1) is 23.0 Å². The van der Waals surface area contributed by atoms with Gasteiger partial charge in [-0.2, -0.15) is 10.4 Å². The van der Waals surface area contributed by atoms with E-state index in [0.717, 1.165) is 19.3 Å². The minimum Gasteiger partial charge on any atom is -0.258 e. The van der Waals surface area contributed by atoms with Crippen molar-refractivity contribution in [1.29, 1.82) is 5.26 Å². The minimum atomic E-state index is -0.441. The molecule has 106 valence electrons. The molecular weight excluding hydrogens is 270 g/mol. The quantitative estimate of drug-likeness (QED) is 0.637. The Hall–Kier alpha value is -2.75. The average molecular weight is 283 g/mol. The SMILES string of the molecule is N#CC1CCCC1n1cnc(-c2cccc([N+](=O)[O-])c2)n1. The minimum absolute atomic E-state index is 0.0135. The highest BCUT2D eigenvalue weighted by molar-refractivity contribution is 5.58. The smallest absolute Gasteiger partial charge is 0.258 e. The number of nitro groups is 1. The molecule has 1 heterocycles. The van der Waals surface area contributed by atoms with E-state index in [0.29, 0.717) is 11.4 Å². The second kappa shape index (κ2) is 5.32. The predicted octanol–water partition coefficient (Wildman–Crippen LogP) is 2.72. The van der Waals surface area contributed by atoms with Crippen LogP contribution in [0.25, 0.3) is 11.4 Å². The second-order valence-electron chi connectivity index (χ2n) is 5.09. The van der Waals surface area contributed by atoms with Crippen molar-refractivity contribution in [3.63, 3.8) is 0 Å². The van der Waals surface area contributed by atoms with Crippen LogP contribution in [-0.2, 0) is 0 Å². The number of hydrogen-bond acceptors (Lipinski definition) is 5. The summed E-state index contributed by atoms with van der Waals surface area (Å²) < 4.78 is 1.72. The van der Waals surface area contributed by atoms with Crippen LogP contribution < -0.4 is 0 Å². The number of aromatic nitrogens is 3. The fraction of sp³-hybridized carbons (Fsp3) is 0.357. The maximum absolute atomic E-state index is 10.8. The van der Waals surface area contributed by atoms with E-state index in [1.54, 1.807) is 23.1 Å². The van der Waals surface area contributed by atoms with Crippen molar-refractivity contribution < 1.29 is 4.92 Å². The molecule has 7 nitrogen and oxygen atoms in total. The first-order valence-corrected chi connectivity index (χ1v) is 6.74. The lowest BCUT2D eigenvalue weighted by Gasteiger charge is -2.12. The van der Waals surface area contributed by atoms with Crippen molar-refractivity contribution in [2.24, 2.45) is 5.92 Å². The predicted molar refractivity (Wildman–Crippen MR) is 74.1 cm³/mol. The first kappa shape index (κ1) is 13.2. The molecule has 7 heteroatoms. The van der Waals surface area contributed by atoms with E-state index in [2.05, 4.69) is 16.2 Å². The Balaban J connectivity index is 1.90. The Morgan fingerprint density at radius 2 is 2.29 bits per heavy atom. The van der Waals surface area contributed by atoms with Gasteiger partial charge in [0.2, 0.25) is 0 Å². The molecule has 2 unspecified atom stereocenters. The van der Waals surface area contributed by atoms with E-state index >= 15 is 0 Å². The molecule has 0 spiro atoms. The van der Waals surface area contributed by atoms with Crippen molar-refractivity contribution >= 4 is 5.69 Å². The molecule has 0 amide bonds. The van der Waals surface area contributed by atoms with Crippen molar-refractivity contribution in [3.8, 4) is 17.5 Å². The lowest BCUT2D eigenvalue weighted by molar-refractivity contribution is -0.384. The van der Waals surface area contributed by atoms with Gasteiger partial charge in [-0.15, -0.1) is 0 Å². The zero-order valence-electron chi connectivity index (χ0n) is 11.2. The largest absolute Gasteiger partial charge is 0.270 e. The Morgan fingerprint density at radius 1 is 1.43 bits per heavy atom. The van der Waals surface area contributed by atoms with Crippen LogP contribution >= 0.6 is 0 Å². The summed E-state index contributed by atoms with van der Waals surface area (Å²) in [5, 5.41) is 24.3. The molecule has 0 saturated heterocycles. The summed E-state index contributed by atoms with van der Waals surface area (Å²) in [6, 6.07) is 8.60. The van der Waals surface area contributed by atoms with Crippen LogP contribution in [0.3, 0.4) is 0 Å². The molecular formula is C14H13N5O2. The van der Waals surface area contributed by atoms with Crippen LogP contribution in [-0.4, -0.2) is 19.7 Å². The molecule has 1 aliphatic carbocycles. The third kappa shape index (κ3) is 2.48. The molecule has 1 aromatic carbocycles. The maximum Gasteiger partial charge on any atom is 0.270 e. The lowest BCUT2D eigenvalue weighted by Crippen LogP contribution is -2.13. The number of nitro benzene ring substituents is 1. The summed E-state index contributed by atoms with van der Waals surface area (Å²) in [4.78, 5) is 14.6. The molecule has 2 aromatic rings. The summed E-state index contributed by atoms with van der Waals surface area (Å²) in [6.07, 6.45) is 4.41. The summed E-state index contributed by atoms with van der Waals surface area (Å²) in [5.41, 5.74) is 0.620. The molecule has 1 aliphatic rings. The highest BCUT2D eigenvalue weighted by Gasteiger charge is 2.29. The zero-order chi connectivity index (χ0) is 14.8. The van der Waals surface area contributed by atoms with E-state index in [1.165, 1.54) is 12.1 Å². The second-order valence-corrected chi connectivity index (χ2v) is 5.09. The lowest BCUT2D eigenvalue weighted by atomic mass is 10.1. The van der Waals surface area contributed by atoms with E-state index < -0.39 is 4.92 Å². The molecule has 1 aromatic heterocycles. The van der Waals surface area contributed by atoms with Crippen molar-refractivity contribution in [1.82, 2.24) is 14.8 Å². The van der Waals surface area contributed by atoms with Crippen LogP contribution in [0.15, 0.2) is 30.6 Å². The first-order chi connectivity index (χ1) is 10.2. The van der Waals surface area contributed by atoms with Crippen LogP contribution in [0.2, 0.25) is 0 Å². The number of rotatable bonds is 3. The number of non-ortho nitro benzene ring substituents is 1.